The van der Waals surface area contributed by atoms with Crippen molar-refractivity contribution in [1.82, 2.24) is 5.32 Å². The van der Waals surface area contributed by atoms with Gasteiger partial charge >= 0.3 is 0 Å². The van der Waals surface area contributed by atoms with E-state index in [1.54, 1.807) is 0 Å². The number of rotatable bonds is 5. The quantitative estimate of drug-likeness (QED) is 0.670. The van der Waals surface area contributed by atoms with Crippen LogP contribution in [0.2, 0.25) is 0 Å². The molecule has 0 fully saturated rings. The van der Waals surface area contributed by atoms with E-state index in [0.29, 0.717) is 6.54 Å². The van der Waals surface area contributed by atoms with Gasteiger partial charge in [0.15, 0.2) is 0 Å². The summed E-state index contributed by atoms with van der Waals surface area (Å²) in [6.45, 7) is 1.67. The van der Waals surface area contributed by atoms with Crippen molar-refractivity contribution in [3.05, 3.63) is 35.4 Å². The molecule has 0 bridgehead atoms. The molecule has 0 aromatic heterocycles. The van der Waals surface area contributed by atoms with Gasteiger partial charge in [-0.05, 0) is 43.4 Å². The normalized spacial score (nSPS) is 23.4. The molecule has 94 valence electrons. The minimum Gasteiger partial charge on any atom is -0.396 e. The Balaban J connectivity index is 2.22. The van der Waals surface area contributed by atoms with Crippen LogP contribution in [0, 0.1) is 0 Å². The van der Waals surface area contributed by atoms with Crippen LogP contribution in [0.15, 0.2) is 24.3 Å². The summed E-state index contributed by atoms with van der Waals surface area (Å²) in [5.74, 6) is 0. The van der Waals surface area contributed by atoms with Gasteiger partial charge in [0.1, 0.15) is 0 Å². The van der Waals surface area contributed by atoms with Crippen LogP contribution in [0.3, 0.4) is 0 Å². The van der Waals surface area contributed by atoms with Gasteiger partial charge in [0.2, 0.25) is 0 Å². The van der Waals surface area contributed by atoms with Crippen molar-refractivity contribution >= 4 is 0 Å². The monoisotopic (exact) mass is 234 g/mol. The lowest BCUT2D eigenvalue weighted by molar-refractivity contribution is 0.253. The van der Waals surface area contributed by atoms with Gasteiger partial charge in [-0.1, -0.05) is 24.3 Å². The van der Waals surface area contributed by atoms with Crippen molar-refractivity contribution in [2.45, 2.75) is 31.2 Å². The zero-order valence-corrected chi connectivity index (χ0v) is 10.3. The Kier molecular flexibility index (Phi) is 4.15. The van der Waals surface area contributed by atoms with E-state index < -0.39 is 0 Å². The molecule has 17 heavy (non-hydrogen) atoms. The third-order valence-electron chi connectivity index (χ3n) is 3.73. The predicted octanol–water partition coefficient (Wildman–Crippen LogP) is 1.15. The predicted molar refractivity (Wildman–Crippen MR) is 69.8 cm³/mol. The van der Waals surface area contributed by atoms with Gasteiger partial charge in [-0.15, -0.1) is 0 Å². The Hall–Kier alpha value is -0.900. The molecule has 0 radical (unpaired) electrons. The number of nitrogens with two attached hydrogens (primary N) is 1. The van der Waals surface area contributed by atoms with Crippen molar-refractivity contribution in [3.63, 3.8) is 0 Å². The van der Waals surface area contributed by atoms with E-state index in [-0.39, 0.29) is 12.1 Å². The summed E-state index contributed by atoms with van der Waals surface area (Å²) < 4.78 is 0. The number of fused-ring (bicyclic) bond motifs is 1. The highest BCUT2D eigenvalue weighted by atomic mass is 16.3. The minimum absolute atomic E-state index is 0.0794. The van der Waals surface area contributed by atoms with Crippen molar-refractivity contribution in [1.29, 1.82) is 0 Å². The fourth-order valence-electron chi connectivity index (χ4n) is 2.79. The summed E-state index contributed by atoms with van der Waals surface area (Å²) in [6, 6.07) is 8.57. The number of benzene rings is 1. The maximum atomic E-state index is 8.88. The molecular weight excluding hydrogens is 212 g/mol. The van der Waals surface area contributed by atoms with Crippen LogP contribution < -0.4 is 11.1 Å². The van der Waals surface area contributed by atoms with Gasteiger partial charge in [0, 0.05) is 13.2 Å². The van der Waals surface area contributed by atoms with Gasteiger partial charge in [0.05, 0.1) is 5.54 Å². The van der Waals surface area contributed by atoms with E-state index >= 15 is 0 Å². The molecular formula is C14H22N2O. The van der Waals surface area contributed by atoms with Crippen molar-refractivity contribution in [2.24, 2.45) is 5.73 Å². The van der Waals surface area contributed by atoms with Crippen molar-refractivity contribution in [2.75, 3.05) is 19.7 Å². The molecule has 0 heterocycles. The second-order valence-corrected chi connectivity index (χ2v) is 4.80. The number of nitrogens with one attached hydrogen (secondary N) is 1. The highest BCUT2D eigenvalue weighted by Gasteiger charge is 2.34. The van der Waals surface area contributed by atoms with E-state index in [9.17, 15) is 0 Å². The smallest absolute Gasteiger partial charge is 0.0561 e. The van der Waals surface area contributed by atoms with Crippen LogP contribution in [-0.4, -0.2) is 24.8 Å². The first-order valence-electron chi connectivity index (χ1n) is 6.47. The zero-order chi connectivity index (χ0) is 12.1. The molecule has 1 atom stereocenters. The summed E-state index contributed by atoms with van der Waals surface area (Å²) in [5.41, 5.74) is 8.70. The molecule has 0 aliphatic heterocycles. The highest BCUT2D eigenvalue weighted by Crippen LogP contribution is 2.34. The third kappa shape index (κ3) is 2.51. The van der Waals surface area contributed by atoms with E-state index in [1.165, 1.54) is 17.5 Å². The molecule has 0 saturated heterocycles. The molecule has 0 spiro atoms. The number of aryl methyl sites for hydroxylation is 1. The van der Waals surface area contributed by atoms with Gasteiger partial charge in [-0.25, -0.2) is 0 Å². The molecule has 3 nitrogen and oxygen atoms in total. The lowest BCUT2D eigenvalue weighted by atomic mass is 9.76. The number of aliphatic hydroxyl groups excluding tert-OH is 1. The average Bonchev–Trinajstić information content (AvgIpc) is 2.39. The van der Waals surface area contributed by atoms with Crippen LogP contribution in [-0.2, 0) is 12.0 Å². The number of aliphatic hydroxyl groups is 1. The van der Waals surface area contributed by atoms with Crippen LogP contribution in [0.4, 0.5) is 0 Å². The number of hydrogen-bond donors (Lipinski definition) is 3. The molecule has 1 aliphatic rings. The SMILES string of the molecule is NCC1(NCCCO)CCCc2ccccc21. The Morgan fingerprint density at radius 3 is 2.94 bits per heavy atom. The summed E-state index contributed by atoms with van der Waals surface area (Å²) in [6.07, 6.45) is 4.20. The summed E-state index contributed by atoms with van der Waals surface area (Å²) >= 11 is 0. The van der Waals surface area contributed by atoms with Crippen LogP contribution in [0.5, 0.6) is 0 Å². The van der Waals surface area contributed by atoms with E-state index in [2.05, 4.69) is 29.6 Å². The van der Waals surface area contributed by atoms with Gasteiger partial charge in [-0.2, -0.15) is 0 Å². The first-order valence-corrected chi connectivity index (χ1v) is 6.47. The van der Waals surface area contributed by atoms with Gasteiger partial charge in [0.25, 0.3) is 0 Å². The topological polar surface area (TPSA) is 58.3 Å². The zero-order valence-electron chi connectivity index (χ0n) is 10.3. The lowest BCUT2D eigenvalue weighted by Crippen LogP contribution is -2.50. The fraction of sp³-hybridized carbons (Fsp3) is 0.571. The number of hydrogen-bond acceptors (Lipinski definition) is 3. The molecule has 3 heteroatoms. The van der Waals surface area contributed by atoms with Crippen LogP contribution >= 0.6 is 0 Å². The molecule has 1 aromatic rings. The standard InChI is InChI=1S/C14H22N2O/c15-11-14(16-9-4-10-17)8-3-6-12-5-1-2-7-13(12)14/h1-2,5,7,16-17H,3-4,6,8-11,15H2. The maximum absolute atomic E-state index is 8.88. The van der Waals surface area contributed by atoms with E-state index in [4.69, 9.17) is 10.8 Å². The van der Waals surface area contributed by atoms with Crippen molar-refractivity contribution in [3.8, 4) is 0 Å². The fourth-order valence-corrected chi connectivity index (χ4v) is 2.79. The maximum Gasteiger partial charge on any atom is 0.0561 e. The third-order valence-corrected chi connectivity index (χ3v) is 3.73. The molecule has 1 aromatic carbocycles. The Morgan fingerprint density at radius 2 is 2.18 bits per heavy atom. The second-order valence-electron chi connectivity index (χ2n) is 4.80. The van der Waals surface area contributed by atoms with Crippen LogP contribution in [0.25, 0.3) is 0 Å². The Labute approximate surface area is 103 Å². The van der Waals surface area contributed by atoms with Gasteiger partial charge < -0.3 is 16.2 Å². The highest BCUT2D eigenvalue weighted by molar-refractivity contribution is 5.36. The largest absolute Gasteiger partial charge is 0.396 e. The van der Waals surface area contributed by atoms with Gasteiger partial charge in [-0.3, -0.25) is 0 Å². The minimum atomic E-state index is -0.0794. The molecule has 1 unspecified atom stereocenters. The van der Waals surface area contributed by atoms with Crippen LogP contribution in [0.1, 0.15) is 30.4 Å². The lowest BCUT2D eigenvalue weighted by Gasteiger charge is -2.39. The Morgan fingerprint density at radius 1 is 1.35 bits per heavy atom. The first kappa shape index (κ1) is 12.6. The second kappa shape index (κ2) is 5.63. The summed E-state index contributed by atoms with van der Waals surface area (Å²) in [5, 5.41) is 12.4. The Bertz CT molecular complexity index is 367. The molecule has 0 amide bonds. The van der Waals surface area contributed by atoms with E-state index in [0.717, 1.165) is 25.8 Å². The average molecular weight is 234 g/mol. The van der Waals surface area contributed by atoms with Crippen molar-refractivity contribution < 1.29 is 5.11 Å². The summed E-state index contributed by atoms with van der Waals surface area (Å²) in [4.78, 5) is 0. The molecule has 4 N–H and O–H groups in total. The van der Waals surface area contributed by atoms with E-state index in [1.807, 2.05) is 0 Å². The molecule has 2 rings (SSSR count). The summed E-state index contributed by atoms with van der Waals surface area (Å²) in [7, 11) is 0. The first-order chi connectivity index (χ1) is 8.32. The molecule has 1 aliphatic carbocycles. The molecule has 0 saturated carbocycles.